The minimum absolute atomic E-state index is 0.0495. The molecular weight excluding hydrogens is 422 g/mol. The lowest BCUT2D eigenvalue weighted by atomic mass is 10.1. The first-order chi connectivity index (χ1) is 16.1. The Bertz CT molecular complexity index is 1210. The molecule has 2 aliphatic heterocycles. The molecule has 0 saturated carbocycles. The molecule has 1 aromatic heterocycles. The molecular formula is C24H27N5O4. The van der Waals surface area contributed by atoms with Gasteiger partial charge in [0.05, 0.1) is 36.9 Å². The van der Waals surface area contributed by atoms with E-state index in [1.807, 2.05) is 34.1 Å². The highest BCUT2D eigenvalue weighted by Crippen LogP contribution is 2.28. The zero-order valence-electron chi connectivity index (χ0n) is 18.6. The average Bonchev–Trinajstić information content (AvgIpc) is 2.88. The first-order valence-corrected chi connectivity index (χ1v) is 11.2. The third-order valence-electron chi connectivity index (χ3n) is 6.24. The summed E-state index contributed by atoms with van der Waals surface area (Å²) >= 11 is 0. The van der Waals surface area contributed by atoms with Crippen LogP contribution in [0.5, 0.6) is 5.75 Å². The van der Waals surface area contributed by atoms with Gasteiger partial charge in [-0.25, -0.2) is 4.98 Å². The fourth-order valence-corrected chi connectivity index (χ4v) is 4.41. The maximum Gasteiger partial charge on any atom is 0.260 e. The van der Waals surface area contributed by atoms with Gasteiger partial charge in [-0.2, -0.15) is 0 Å². The lowest BCUT2D eigenvalue weighted by Gasteiger charge is -2.36. The summed E-state index contributed by atoms with van der Waals surface area (Å²) in [5.74, 6) is 1.30. The zero-order valence-corrected chi connectivity index (χ0v) is 18.6. The minimum Gasteiger partial charge on any atom is -0.495 e. The molecule has 2 aromatic carbocycles. The second kappa shape index (κ2) is 9.11. The Morgan fingerprint density at radius 3 is 2.52 bits per heavy atom. The van der Waals surface area contributed by atoms with E-state index < -0.39 is 0 Å². The van der Waals surface area contributed by atoms with Gasteiger partial charge in [-0.1, -0.05) is 12.1 Å². The number of rotatable bonds is 4. The topological polar surface area (TPSA) is 91.0 Å². The monoisotopic (exact) mass is 449 g/mol. The number of carbonyl (C=O) groups excluding carboxylic acids is 1. The summed E-state index contributed by atoms with van der Waals surface area (Å²) in [6.07, 6.45) is 0. The standard InChI is InChI=1S/C24H27N5O4/c1-32-21-5-3-2-4-20(21)27-8-10-28(11-9-27)23(31)17-6-7-18-19(16-17)25-24(26-22(18)30)29-12-14-33-15-13-29/h2-7,16H,8-15H2,1H3,(H,25,26,30). The Morgan fingerprint density at radius 2 is 1.76 bits per heavy atom. The van der Waals surface area contributed by atoms with Crippen LogP contribution in [0.15, 0.2) is 47.3 Å². The largest absolute Gasteiger partial charge is 0.495 e. The number of fused-ring (bicyclic) bond motifs is 1. The quantitative estimate of drug-likeness (QED) is 0.649. The number of nitrogens with one attached hydrogen (secondary N) is 1. The normalized spacial score (nSPS) is 16.8. The molecule has 1 N–H and O–H groups in total. The first kappa shape index (κ1) is 21.3. The van der Waals surface area contributed by atoms with Gasteiger partial charge in [0, 0.05) is 44.8 Å². The average molecular weight is 450 g/mol. The van der Waals surface area contributed by atoms with Crippen molar-refractivity contribution in [1.29, 1.82) is 0 Å². The number of H-pyrrole nitrogens is 1. The van der Waals surface area contributed by atoms with Crippen LogP contribution < -0.4 is 20.1 Å². The summed E-state index contributed by atoms with van der Waals surface area (Å²) < 4.78 is 10.9. The van der Waals surface area contributed by atoms with Crippen LogP contribution in [0.25, 0.3) is 10.9 Å². The van der Waals surface area contributed by atoms with Crippen LogP contribution >= 0.6 is 0 Å². The number of amides is 1. The van der Waals surface area contributed by atoms with E-state index in [9.17, 15) is 9.59 Å². The summed E-state index contributed by atoms with van der Waals surface area (Å²) in [7, 11) is 1.67. The fraction of sp³-hybridized carbons (Fsp3) is 0.375. The number of methoxy groups -OCH3 is 1. The van der Waals surface area contributed by atoms with Crippen LogP contribution in [0.3, 0.4) is 0 Å². The molecule has 0 radical (unpaired) electrons. The highest BCUT2D eigenvalue weighted by Gasteiger charge is 2.24. The molecule has 5 rings (SSSR count). The van der Waals surface area contributed by atoms with Crippen LogP contribution in [0, 0.1) is 0 Å². The smallest absolute Gasteiger partial charge is 0.260 e. The molecule has 0 bridgehead atoms. The SMILES string of the molecule is COc1ccccc1N1CCN(C(=O)c2ccc3c(=O)[nH]c(N4CCOCC4)nc3c2)CC1. The van der Waals surface area contributed by atoms with Gasteiger partial charge < -0.3 is 24.2 Å². The van der Waals surface area contributed by atoms with Crippen LogP contribution in [-0.4, -0.2) is 80.4 Å². The lowest BCUT2D eigenvalue weighted by molar-refractivity contribution is 0.0747. The van der Waals surface area contributed by atoms with Gasteiger partial charge in [0.15, 0.2) is 0 Å². The number of anilines is 2. The number of hydrogen-bond donors (Lipinski definition) is 1. The summed E-state index contributed by atoms with van der Waals surface area (Å²) in [5.41, 5.74) is 1.90. The number of benzene rings is 2. The number of piperazine rings is 1. The molecule has 2 aliphatic rings. The molecule has 0 unspecified atom stereocenters. The van der Waals surface area contributed by atoms with Crippen molar-refractivity contribution in [3.05, 3.63) is 58.4 Å². The second-order valence-electron chi connectivity index (χ2n) is 8.17. The molecule has 0 atom stereocenters. The molecule has 9 nitrogen and oxygen atoms in total. The van der Waals surface area contributed by atoms with E-state index in [1.165, 1.54) is 0 Å². The number of hydrogen-bond acceptors (Lipinski definition) is 7. The Labute approximate surface area is 191 Å². The number of morpholine rings is 1. The lowest BCUT2D eigenvalue weighted by Crippen LogP contribution is -2.48. The Morgan fingerprint density at radius 1 is 1.00 bits per heavy atom. The number of para-hydroxylation sites is 2. The van der Waals surface area contributed by atoms with E-state index in [1.54, 1.807) is 25.3 Å². The maximum absolute atomic E-state index is 13.2. The second-order valence-corrected chi connectivity index (χ2v) is 8.17. The van der Waals surface area contributed by atoms with E-state index in [-0.39, 0.29) is 11.5 Å². The van der Waals surface area contributed by atoms with E-state index in [4.69, 9.17) is 9.47 Å². The van der Waals surface area contributed by atoms with Crippen molar-refractivity contribution in [3.8, 4) is 5.75 Å². The Kier molecular flexibility index (Phi) is 5.87. The molecule has 2 fully saturated rings. The van der Waals surface area contributed by atoms with Gasteiger partial charge in [-0.3, -0.25) is 14.6 Å². The summed E-state index contributed by atoms with van der Waals surface area (Å²) in [6, 6.07) is 13.0. The molecule has 3 aromatic rings. The van der Waals surface area contributed by atoms with Gasteiger partial charge in [0.2, 0.25) is 5.95 Å². The summed E-state index contributed by atoms with van der Waals surface area (Å²) in [4.78, 5) is 39.4. The van der Waals surface area contributed by atoms with Crippen LogP contribution in [0.2, 0.25) is 0 Å². The molecule has 1 amide bonds. The number of carbonyl (C=O) groups is 1. The maximum atomic E-state index is 13.2. The molecule has 0 aliphatic carbocycles. The van der Waals surface area contributed by atoms with Crippen LogP contribution in [-0.2, 0) is 4.74 Å². The molecule has 33 heavy (non-hydrogen) atoms. The van der Waals surface area contributed by atoms with Gasteiger partial charge in [-0.05, 0) is 30.3 Å². The van der Waals surface area contributed by atoms with Gasteiger partial charge in [-0.15, -0.1) is 0 Å². The molecule has 172 valence electrons. The van der Waals surface area contributed by atoms with Gasteiger partial charge >= 0.3 is 0 Å². The third-order valence-corrected chi connectivity index (χ3v) is 6.24. The van der Waals surface area contributed by atoms with E-state index in [0.29, 0.717) is 61.8 Å². The van der Waals surface area contributed by atoms with Crippen molar-refractivity contribution in [1.82, 2.24) is 14.9 Å². The van der Waals surface area contributed by atoms with E-state index in [2.05, 4.69) is 14.9 Å². The molecule has 3 heterocycles. The predicted octanol–water partition coefficient (Wildman–Crippen LogP) is 1.73. The molecule has 2 saturated heterocycles. The Hall–Kier alpha value is -3.59. The van der Waals surface area contributed by atoms with E-state index in [0.717, 1.165) is 24.5 Å². The third kappa shape index (κ3) is 4.23. The number of aromatic nitrogens is 2. The fourth-order valence-electron chi connectivity index (χ4n) is 4.41. The highest BCUT2D eigenvalue weighted by atomic mass is 16.5. The number of ether oxygens (including phenoxy) is 2. The predicted molar refractivity (Wildman–Crippen MR) is 127 cm³/mol. The highest BCUT2D eigenvalue weighted by molar-refractivity contribution is 5.98. The van der Waals surface area contributed by atoms with Crippen LogP contribution in [0.4, 0.5) is 11.6 Å². The van der Waals surface area contributed by atoms with Crippen LogP contribution in [0.1, 0.15) is 10.4 Å². The van der Waals surface area contributed by atoms with Crippen molar-refractivity contribution in [2.75, 3.05) is 69.4 Å². The Balaban J connectivity index is 1.34. The van der Waals surface area contributed by atoms with Crippen molar-refractivity contribution < 1.29 is 14.3 Å². The van der Waals surface area contributed by atoms with Crippen molar-refractivity contribution in [2.45, 2.75) is 0 Å². The van der Waals surface area contributed by atoms with Crippen molar-refractivity contribution in [2.24, 2.45) is 0 Å². The van der Waals surface area contributed by atoms with Gasteiger partial charge in [0.1, 0.15) is 5.75 Å². The number of nitrogens with zero attached hydrogens (tertiary/aromatic N) is 4. The summed E-state index contributed by atoms with van der Waals surface area (Å²) in [6.45, 7) is 5.19. The zero-order chi connectivity index (χ0) is 22.8. The molecule has 9 heteroatoms. The first-order valence-electron chi connectivity index (χ1n) is 11.2. The van der Waals surface area contributed by atoms with Gasteiger partial charge in [0.25, 0.3) is 11.5 Å². The number of aromatic amines is 1. The van der Waals surface area contributed by atoms with Crippen molar-refractivity contribution >= 4 is 28.4 Å². The summed E-state index contributed by atoms with van der Waals surface area (Å²) in [5, 5.41) is 0.476. The van der Waals surface area contributed by atoms with E-state index >= 15 is 0 Å². The van der Waals surface area contributed by atoms with Crippen molar-refractivity contribution in [3.63, 3.8) is 0 Å². The molecule has 0 spiro atoms. The minimum atomic E-state index is -0.203.